The molecule has 0 spiro atoms. The second-order valence-corrected chi connectivity index (χ2v) is 13.9. The summed E-state index contributed by atoms with van der Waals surface area (Å²) in [5.74, 6) is -2.64. The van der Waals surface area contributed by atoms with Crippen LogP contribution in [0.1, 0.15) is 57.6 Å². The molecule has 2 fully saturated rings. The highest BCUT2D eigenvalue weighted by Gasteiger charge is 2.51. The Kier molecular flexibility index (Phi) is 10.6. The number of halogens is 7. The number of ether oxygens (including phenoxy) is 1. The number of carbonyl (C=O) groups excluding carboxylic acids is 2. The predicted molar refractivity (Wildman–Crippen MR) is 185 cm³/mol. The molecule has 12 nitrogen and oxygen atoms in total. The summed E-state index contributed by atoms with van der Waals surface area (Å²) in [5.41, 5.74) is -1.98. The van der Waals surface area contributed by atoms with Gasteiger partial charge in [0, 0.05) is 50.6 Å². The molecule has 3 aliphatic rings. The van der Waals surface area contributed by atoms with Crippen molar-refractivity contribution in [2.45, 2.75) is 63.3 Å². The number of fused-ring (bicyclic) bond motifs is 1. The van der Waals surface area contributed by atoms with E-state index >= 15 is 0 Å². The van der Waals surface area contributed by atoms with E-state index in [9.17, 15) is 40.3 Å². The molecule has 2 amide bonds. The van der Waals surface area contributed by atoms with Crippen LogP contribution < -0.4 is 5.32 Å². The van der Waals surface area contributed by atoms with Crippen molar-refractivity contribution in [2.24, 2.45) is 0 Å². The lowest BCUT2D eigenvalue weighted by Gasteiger charge is -2.28. The third-order valence-electron chi connectivity index (χ3n) is 10.1. The van der Waals surface area contributed by atoms with Gasteiger partial charge in [0.25, 0.3) is 11.8 Å². The molecule has 296 valence electrons. The van der Waals surface area contributed by atoms with Crippen molar-refractivity contribution in [3.8, 4) is 11.4 Å². The van der Waals surface area contributed by atoms with Gasteiger partial charge in [0.15, 0.2) is 11.8 Å². The number of nitrogens with zero attached hydrogens (tertiary/aromatic N) is 7. The van der Waals surface area contributed by atoms with Crippen molar-refractivity contribution in [2.75, 3.05) is 32.8 Å². The van der Waals surface area contributed by atoms with Gasteiger partial charge in [-0.25, -0.2) is 14.4 Å². The Bertz CT molecular complexity index is 2120. The summed E-state index contributed by atoms with van der Waals surface area (Å²) in [6, 6.07) is 7.29. The van der Waals surface area contributed by atoms with Gasteiger partial charge in [0.05, 0.1) is 61.4 Å². The molecule has 2 saturated heterocycles. The number of nitrogens with one attached hydrogen (secondary N) is 2. The van der Waals surface area contributed by atoms with Gasteiger partial charge in [-0.05, 0) is 48.2 Å². The summed E-state index contributed by atoms with van der Waals surface area (Å²) < 4.78 is 103. The second kappa shape index (κ2) is 15.2. The molecule has 1 atom stereocenters. The lowest BCUT2D eigenvalue weighted by Crippen LogP contribution is -2.44. The van der Waals surface area contributed by atoms with E-state index in [4.69, 9.17) is 10.1 Å². The monoisotopic (exact) mass is 787 g/mol. The molecule has 5 heterocycles. The highest BCUT2D eigenvalue weighted by atomic mass is 19.4. The summed E-state index contributed by atoms with van der Waals surface area (Å²) >= 11 is 0. The summed E-state index contributed by atoms with van der Waals surface area (Å²) in [5, 5.41) is 15.6. The quantitative estimate of drug-likeness (QED) is 0.191. The van der Waals surface area contributed by atoms with Gasteiger partial charge in [-0.3, -0.25) is 29.5 Å². The van der Waals surface area contributed by atoms with Crippen LogP contribution in [0.4, 0.5) is 30.7 Å². The van der Waals surface area contributed by atoms with Crippen molar-refractivity contribution in [1.29, 1.82) is 5.41 Å². The number of rotatable bonds is 11. The SMILES string of the molecule is N=C1N[C@](CCCC(F)(F)F)(c2ccc(F)cc2)C(=O)N1Cc1ccc(C(F)(F)F)c(C(=O)N2Cc3cnc(-c4cnn(CCN5CCOCC5)c4)nc3C2)c1. The third-order valence-corrected chi connectivity index (χ3v) is 10.1. The number of morpholine rings is 1. The lowest BCUT2D eigenvalue weighted by atomic mass is 9.84. The first-order valence-electron chi connectivity index (χ1n) is 17.8. The van der Waals surface area contributed by atoms with Crippen LogP contribution in [0.2, 0.25) is 0 Å². The van der Waals surface area contributed by atoms with Crippen molar-refractivity contribution in [1.82, 2.24) is 39.8 Å². The van der Waals surface area contributed by atoms with Gasteiger partial charge in [-0.2, -0.15) is 31.4 Å². The number of hydrogen-bond acceptors (Lipinski definition) is 8. The molecule has 0 bridgehead atoms. The Morgan fingerprint density at radius 3 is 2.45 bits per heavy atom. The van der Waals surface area contributed by atoms with Gasteiger partial charge in [-0.15, -0.1) is 0 Å². The van der Waals surface area contributed by atoms with Gasteiger partial charge < -0.3 is 15.0 Å². The molecule has 0 aliphatic carbocycles. The van der Waals surface area contributed by atoms with Crippen molar-refractivity contribution < 1.29 is 45.1 Å². The number of hydrogen-bond donors (Lipinski definition) is 2. The fourth-order valence-electron chi connectivity index (χ4n) is 7.18. The van der Waals surface area contributed by atoms with E-state index in [0.717, 1.165) is 48.8 Å². The average Bonchev–Trinajstić information content (AvgIpc) is 3.87. The highest BCUT2D eigenvalue weighted by Crippen LogP contribution is 2.38. The zero-order chi connectivity index (χ0) is 39.8. The Morgan fingerprint density at radius 1 is 0.982 bits per heavy atom. The number of guanidine groups is 1. The normalized spacial score (nSPS) is 19.1. The van der Waals surface area contributed by atoms with E-state index in [1.54, 1.807) is 17.1 Å². The highest BCUT2D eigenvalue weighted by molar-refractivity contribution is 6.08. The van der Waals surface area contributed by atoms with Gasteiger partial charge in [-0.1, -0.05) is 18.2 Å². The zero-order valence-corrected chi connectivity index (χ0v) is 29.8. The van der Waals surface area contributed by atoms with E-state index in [1.807, 2.05) is 0 Å². The maximum Gasteiger partial charge on any atom is 0.417 e. The molecule has 19 heteroatoms. The first-order chi connectivity index (χ1) is 26.6. The third kappa shape index (κ3) is 8.23. The van der Waals surface area contributed by atoms with Gasteiger partial charge in [0.1, 0.15) is 11.4 Å². The minimum absolute atomic E-state index is 0.0517. The molecule has 56 heavy (non-hydrogen) atoms. The average molecular weight is 788 g/mol. The van der Waals surface area contributed by atoms with E-state index in [1.165, 1.54) is 23.2 Å². The van der Waals surface area contributed by atoms with Crippen molar-refractivity contribution in [3.05, 3.63) is 100 Å². The van der Waals surface area contributed by atoms with Crippen LogP contribution in [0, 0.1) is 11.2 Å². The first kappa shape index (κ1) is 38.8. The maximum atomic E-state index is 14.3. The van der Waals surface area contributed by atoms with Crippen LogP contribution in [0.15, 0.2) is 61.1 Å². The summed E-state index contributed by atoms with van der Waals surface area (Å²) in [7, 11) is 0. The first-order valence-corrected chi connectivity index (χ1v) is 17.8. The Morgan fingerprint density at radius 2 is 1.73 bits per heavy atom. The van der Waals surface area contributed by atoms with E-state index in [2.05, 4.69) is 25.3 Å². The Balaban J connectivity index is 1.09. The number of alkyl halides is 6. The fourth-order valence-corrected chi connectivity index (χ4v) is 7.18. The summed E-state index contributed by atoms with van der Waals surface area (Å²) in [4.78, 5) is 41.2. The van der Waals surface area contributed by atoms with Gasteiger partial charge >= 0.3 is 12.4 Å². The second-order valence-electron chi connectivity index (χ2n) is 13.9. The van der Waals surface area contributed by atoms with Crippen LogP contribution in [-0.4, -0.2) is 91.2 Å². The molecule has 0 saturated carbocycles. The van der Waals surface area contributed by atoms with Crippen LogP contribution in [0.3, 0.4) is 0 Å². The van der Waals surface area contributed by atoms with E-state index in [0.29, 0.717) is 48.5 Å². The number of benzene rings is 2. The Hall–Kier alpha value is -5.43. The fraction of sp³-hybridized carbons (Fsp3) is 0.405. The molecule has 2 N–H and O–H groups in total. The topological polar surface area (TPSA) is 133 Å². The molecule has 3 aliphatic heterocycles. The zero-order valence-electron chi connectivity index (χ0n) is 29.8. The Labute approximate surface area is 315 Å². The number of amides is 2. The summed E-state index contributed by atoms with van der Waals surface area (Å²) in [6.07, 6.45) is -6.67. The molecule has 2 aromatic carbocycles. The van der Waals surface area contributed by atoms with Crippen LogP contribution in [0.25, 0.3) is 11.4 Å². The van der Waals surface area contributed by atoms with Crippen molar-refractivity contribution in [3.63, 3.8) is 0 Å². The summed E-state index contributed by atoms with van der Waals surface area (Å²) in [6.45, 7) is 3.79. The molecule has 4 aromatic rings. The minimum atomic E-state index is -4.93. The molecule has 7 rings (SSSR count). The van der Waals surface area contributed by atoms with Crippen LogP contribution in [0.5, 0.6) is 0 Å². The lowest BCUT2D eigenvalue weighted by molar-refractivity contribution is -0.140. The minimum Gasteiger partial charge on any atom is -0.379 e. The smallest absolute Gasteiger partial charge is 0.379 e. The largest absolute Gasteiger partial charge is 0.417 e. The van der Waals surface area contributed by atoms with E-state index < -0.39 is 78.4 Å². The molecular weight excluding hydrogens is 751 g/mol. The number of aromatic nitrogens is 4. The van der Waals surface area contributed by atoms with Gasteiger partial charge in [0.2, 0.25) is 0 Å². The van der Waals surface area contributed by atoms with E-state index in [-0.39, 0.29) is 24.2 Å². The molecule has 2 aromatic heterocycles. The predicted octanol–water partition coefficient (Wildman–Crippen LogP) is 5.48. The van der Waals surface area contributed by atoms with Crippen LogP contribution in [-0.2, 0) is 47.4 Å². The molecule has 0 unspecified atom stereocenters. The van der Waals surface area contributed by atoms with Crippen molar-refractivity contribution >= 4 is 17.8 Å². The molecular formula is C37H36F7N9O3. The standard InChI is InChI=1S/C37H36F7N9O3/c38-27-5-3-26(4-6-27)35(8-1-9-36(39,40)41)33(55)53(34(45)49-35)19-23-2-7-29(37(42,43)44)28(16-23)32(54)51-20-24-17-46-31(48-30(24)22-51)25-18-47-52(21-25)11-10-50-12-14-56-15-13-50/h2-7,16-18,21H,1,8-15,19-20,22H2,(H2,45,49)/t35-/m1/s1. The molecule has 0 radical (unpaired) electrons. The maximum absolute atomic E-state index is 14.3. The number of carbonyl (C=O) groups is 2. The van der Waals surface area contributed by atoms with Crippen LogP contribution >= 0.6 is 0 Å².